The highest BCUT2D eigenvalue weighted by Gasteiger charge is 2.18. The van der Waals surface area contributed by atoms with E-state index in [1.165, 1.54) is 10.6 Å². The molecule has 1 fully saturated rings. The first kappa shape index (κ1) is 26.9. The van der Waals surface area contributed by atoms with Crippen LogP contribution in [-0.2, 0) is 4.79 Å². The van der Waals surface area contributed by atoms with Crippen molar-refractivity contribution in [3.05, 3.63) is 82.8 Å². The molecule has 206 valence electrons. The van der Waals surface area contributed by atoms with Gasteiger partial charge in [0, 0.05) is 55.1 Å². The van der Waals surface area contributed by atoms with Gasteiger partial charge in [0.2, 0.25) is 11.9 Å². The number of hydrogen-bond donors (Lipinski definition) is 2. The third-order valence-corrected chi connectivity index (χ3v) is 7.09. The number of aryl methyl sites for hydroxylation is 2. The highest BCUT2D eigenvalue weighted by Crippen LogP contribution is 2.33. The summed E-state index contributed by atoms with van der Waals surface area (Å²) in [5.74, 6) is 0.672. The average molecular weight is 540 g/mol. The highest BCUT2D eigenvalue weighted by atomic mass is 16.5. The summed E-state index contributed by atoms with van der Waals surface area (Å²) in [5.41, 5.74) is 4.64. The standard InChI is InChI=1S/C30H33N7O3/c1-6-26(38)32-21-8-7-9-23(17-21)37-27(39)16-19(2)28-20(3)31-30(34-29(28)37)33-24-11-10-22(18-25(24)40-5)36-14-12-35(4)13-15-36/h6-11,16-18H,1,12-15H2,2-5H3,(H,32,38)(H,31,33,34). The second-order valence-corrected chi connectivity index (χ2v) is 9.88. The number of piperazine rings is 1. The number of carbonyl (C=O) groups is 1. The van der Waals surface area contributed by atoms with E-state index in [4.69, 9.17) is 14.7 Å². The monoisotopic (exact) mass is 539 g/mol. The number of pyridine rings is 1. The molecular weight excluding hydrogens is 506 g/mol. The summed E-state index contributed by atoms with van der Waals surface area (Å²) >= 11 is 0. The van der Waals surface area contributed by atoms with E-state index in [1.807, 2.05) is 26.0 Å². The number of nitrogens with zero attached hydrogens (tertiary/aromatic N) is 5. The maximum absolute atomic E-state index is 13.3. The van der Waals surface area contributed by atoms with E-state index in [-0.39, 0.29) is 11.5 Å². The first-order valence-corrected chi connectivity index (χ1v) is 13.1. The highest BCUT2D eigenvalue weighted by molar-refractivity contribution is 5.99. The topological polar surface area (TPSA) is 105 Å². The predicted octanol–water partition coefficient (Wildman–Crippen LogP) is 4.03. The van der Waals surface area contributed by atoms with Crippen LogP contribution < -0.4 is 25.8 Å². The minimum atomic E-state index is -0.337. The summed E-state index contributed by atoms with van der Waals surface area (Å²) in [5, 5.41) is 6.82. The number of methoxy groups -OCH3 is 1. The van der Waals surface area contributed by atoms with E-state index < -0.39 is 0 Å². The molecule has 1 saturated heterocycles. The van der Waals surface area contributed by atoms with Crippen LogP contribution in [0.15, 0.2) is 66.0 Å². The molecule has 10 heteroatoms. The van der Waals surface area contributed by atoms with Gasteiger partial charge in [-0.25, -0.2) is 4.98 Å². The van der Waals surface area contributed by atoms with Gasteiger partial charge in [0.25, 0.3) is 5.56 Å². The van der Waals surface area contributed by atoms with Gasteiger partial charge in [-0.15, -0.1) is 0 Å². The zero-order valence-corrected chi connectivity index (χ0v) is 23.2. The lowest BCUT2D eigenvalue weighted by molar-refractivity contribution is -0.111. The minimum Gasteiger partial charge on any atom is -0.494 e. The third-order valence-electron chi connectivity index (χ3n) is 7.09. The fraction of sp³-hybridized carbons (Fsp3) is 0.267. The van der Waals surface area contributed by atoms with E-state index in [2.05, 4.69) is 40.1 Å². The molecule has 0 bridgehead atoms. The van der Waals surface area contributed by atoms with Gasteiger partial charge in [-0.2, -0.15) is 4.98 Å². The summed E-state index contributed by atoms with van der Waals surface area (Å²) in [4.78, 5) is 39.3. The van der Waals surface area contributed by atoms with Crippen molar-refractivity contribution < 1.29 is 9.53 Å². The number of amides is 1. The molecule has 10 nitrogen and oxygen atoms in total. The smallest absolute Gasteiger partial charge is 0.257 e. The number of hydrogen-bond acceptors (Lipinski definition) is 8. The van der Waals surface area contributed by atoms with Gasteiger partial charge >= 0.3 is 0 Å². The Kier molecular flexibility index (Phi) is 7.52. The van der Waals surface area contributed by atoms with Crippen molar-refractivity contribution >= 4 is 40.0 Å². The van der Waals surface area contributed by atoms with E-state index >= 15 is 0 Å². The number of nitrogens with one attached hydrogen (secondary N) is 2. The predicted molar refractivity (Wildman–Crippen MR) is 159 cm³/mol. The molecule has 1 aliphatic rings. The van der Waals surface area contributed by atoms with Gasteiger partial charge in [-0.1, -0.05) is 12.6 Å². The van der Waals surface area contributed by atoms with Crippen molar-refractivity contribution in [2.24, 2.45) is 0 Å². The van der Waals surface area contributed by atoms with Crippen LogP contribution in [0.5, 0.6) is 5.75 Å². The zero-order valence-electron chi connectivity index (χ0n) is 23.2. The van der Waals surface area contributed by atoms with Crippen LogP contribution in [-0.4, -0.2) is 65.7 Å². The van der Waals surface area contributed by atoms with Crippen molar-refractivity contribution in [1.82, 2.24) is 19.4 Å². The SMILES string of the molecule is C=CC(=O)Nc1cccc(-n2c(=O)cc(C)c3c(C)nc(Nc4ccc(N5CCN(C)CC5)cc4OC)nc32)c1. The molecule has 1 amide bonds. The van der Waals surface area contributed by atoms with Crippen LogP contribution in [0.1, 0.15) is 11.3 Å². The van der Waals surface area contributed by atoms with Crippen LogP contribution in [0.25, 0.3) is 16.7 Å². The molecule has 0 spiro atoms. The number of rotatable bonds is 7. The minimum absolute atomic E-state index is 0.240. The van der Waals surface area contributed by atoms with E-state index in [0.717, 1.165) is 54.2 Å². The Hall–Kier alpha value is -4.70. The molecular formula is C30H33N7O3. The fourth-order valence-electron chi connectivity index (χ4n) is 4.99. The van der Waals surface area contributed by atoms with Crippen molar-refractivity contribution in [2.45, 2.75) is 13.8 Å². The molecule has 5 rings (SSSR count). The Labute approximate surface area is 232 Å². The Morgan fingerprint density at radius 3 is 2.52 bits per heavy atom. The molecule has 40 heavy (non-hydrogen) atoms. The number of fused-ring (bicyclic) bond motifs is 1. The van der Waals surface area contributed by atoms with Crippen LogP contribution in [0, 0.1) is 13.8 Å². The van der Waals surface area contributed by atoms with Gasteiger partial charge in [-0.05, 0) is 62.9 Å². The van der Waals surface area contributed by atoms with Crippen LogP contribution in [0.2, 0.25) is 0 Å². The van der Waals surface area contributed by atoms with Gasteiger partial charge in [0.1, 0.15) is 5.75 Å². The number of likely N-dealkylation sites (N-methyl/N-ethyl adjacent to an activating group) is 1. The first-order chi connectivity index (χ1) is 19.3. The lowest BCUT2D eigenvalue weighted by Gasteiger charge is -2.34. The zero-order chi connectivity index (χ0) is 28.4. The van der Waals surface area contributed by atoms with Crippen molar-refractivity contribution in [1.29, 1.82) is 0 Å². The Balaban J connectivity index is 1.55. The van der Waals surface area contributed by atoms with Crippen molar-refractivity contribution in [3.63, 3.8) is 0 Å². The molecule has 0 radical (unpaired) electrons. The third kappa shape index (κ3) is 5.39. The lowest BCUT2D eigenvalue weighted by Crippen LogP contribution is -2.44. The van der Waals surface area contributed by atoms with Crippen LogP contribution in [0.4, 0.5) is 23.0 Å². The number of carbonyl (C=O) groups excluding carboxylic acids is 1. The van der Waals surface area contributed by atoms with E-state index in [0.29, 0.717) is 28.7 Å². The maximum atomic E-state index is 13.3. The van der Waals surface area contributed by atoms with Crippen LogP contribution in [0.3, 0.4) is 0 Å². The molecule has 2 aromatic carbocycles. The summed E-state index contributed by atoms with van der Waals surface area (Å²) in [7, 11) is 3.77. The summed E-state index contributed by atoms with van der Waals surface area (Å²) in [6, 6.07) is 14.7. The number of ether oxygens (including phenoxy) is 1. The molecule has 4 aromatic rings. The largest absolute Gasteiger partial charge is 0.494 e. The van der Waals surface area contributed by atoms with Gasteiger partial charge in [-0.3, -0.25) is 14.2 Å². The second kappa shape index (κ2) is 11.2. The van der Waals surface area contributed by atoms with E-state index in [9.17, 15) is 9.59 Å². The van der Waals surface area contributed by atoms with Gasteiger partial charge < -0.3 is 25.2 Å². The second-order valence-electron chi connectivity index (χ2n) is 9.88. The average Bonchev–Trinajstić information content (AvgIpc) is 2.93. The summed E-state index contributed by atoms with van der Waals surface area (Å²) in [6.07, 6.45) is 1.20. The summed E-state index contributed by atoms with van der Waals surface area (Å²) < 4.78 is 7.25. The normalized spacial score (nSPS) is 13.8. The first-order valence-electron chi connectivity index (χ1n) is 13.1. The number of benzene rings is 2. The van der Waals surface area contributed by atoms with Gasteiger partial charge in [0.15, 0.2) is 5.65 Å². The molecule has 2 N–H and O–H groups in total. The maximum Gasteiger partial charge on any atom is 0.257 e. The molecule has 0 saturated carbocycles. The van der Waals surface area contributed by atoms with Gasteiger partial charge in [0.05, 0.1) is 24.2 Å². The Morgan fingerprint density at radius 2 is 1.80 bits per heavy atom. The molecule has 3 heterocycles. The lowest BCUT2D eigenvalue weighted by atomic mass is 10.1. The van der Waals surface area contributed by atoms with Crippen molar-refractivity contribution in [2.75, 3.05) is 55.9 Å². The number of anilines is 4. The quantitative estimate of drug-likeness (QED) is 0.340. The molecule has 1 aliphatic heterocycles. The molecule has 0 atom stereocenters. The van der Waals surface area contributed by atoms with Crippen molar-refractivity contribution in [3.8, 4) is 11.4 Å². The molecule has 0 unspecified atom stereocenters. The molecule has 0 aliphatic carbocycles. The number of aromatic nitrogens is 3. The Bertz CT molecular complexity index is 1660. The Morgan fingerprint density at radius 1 is 1.02 bits per heavy atom. The fourth-order valence-corrected chi connectivity index (χ4v) is 4.99. The summed E-state index contributed by atoms with van der Waals surface area (Å²) in [6.45, 7) is 11.2. The van der Waals surface area contributed by atoms with E-state index in [1.54, 1.807) is 37.4 Å². The van der Waals surface area contributed by atoms with Crippen LogP contribution >= 0.6 is 0 Å². The molecule has 2 aromatic heterocycles.